The minimum Gasteiger partial charge on any atom is -0.378 e. The monoisotopic (exact) mass is 219 g/mol. The molecule has 3 atom stereocenters. The van der Waals surface area contributed by atoms with E-state index in [9.17, 15) is 0 Å². The Bertz CT molecular complexity index is 333. The highest BCUT2D eigenvalue weighted by Crippen LogP contribution is 2.33. The predicted molar refractivity (Wildman–Crippen MR) is 66.2 cm³/mol. The van der Waals surface area contributed by atoms with Crippen LogP contribution in [0.4, 0.5) is 0 Å². The summed E-state index contributed by atoms with van der Waals surface area (Å²) in [5.74, 6) is 0.479. The van der Waals surface area contributed by atoms with E-state index >= 15 is 0 Å². The first-order chi connectivity index (χ1) is 7.72. The zero-order valence-electron chi connectivity index (χ0n) is 10.1. The van der Waals surface area contributed by atoms with Crippen LogP contribution in [-0.4, -0.2) is 12.7 Å². The van der Waals surface area contributed by atoms with E-state index < -0.39 is 0 Å². The van der Waals surface area contributed by atoms with Gasteiger partial charge in [-0.05, 0) is 25.3 Å². The molecule has 2 heteroatoms. The second-order valence-corrected chi connectivity index (χ2v) is 4.71. The van der Waals surface area contributed by atoms with Crippen LogP contribution in [0.25, 0.3) is 0 Å². The van der Waals surface area contributed by atoms with E-state index in [1.54, 1.807) is 0 Å². The van der Waals surface area contributed by atoms with E-state index in [2.05, 4.69) is 38.1 Å². The van der Waals surface area contributed by atoms with Gasteiger partial charge >= 0.3 is 0 Å². The summed E-state index contributed by atoms with van der Waals surface area (Å²) < 4.78 is 5.70. The summed E-state index contributed by atoms with van der Waals surface area (Å²) in [5, 5.41) is 0. The summed E-state index contributed by atoms with van der Waals surface area (Å²) in [6.45, 7) is 5.14. The largest absolute Gasteiger partial charge is 0.378 e. The maximum absolute atomic E-state index is 6.34. The first-order valence-electron chi connectivity index (χ1n) is 6.16. The molecule has 0 aliphatic carbocycles. The molecule has 3 unspecified atom stereocenters. The van der Waals surface area contributed by atoms with Crippen LogP contribution in [0.1, 0.15) is 36.9 Å². The predicted octanol–water partition coefficient (Wildman–Crippen LogP) is 2.81. The number of hydrogen-bond acceptors (Lipinski definition) is 2. The van der Waals surface area contributed by atoms with E-state index in [1.807, 2.05) is 0 Å². The Balaban J connectivity index is 2.12. The number of nitrogens with two attached hydrogens (primary N) is 1. The van der Waals surface area contributed by atoms with Gasteiger partial charge in [0.1, 0.15) is 0 Å². The van der Waals surface area contributed by atoms with E-state index in [4.69, 9.17) is 10.5 Å². The molecular weight excluding hydrogens is 198 g/mol. The molecule has 2 N–H and O–H groups in total. The Morgan fingerprint density at radius 3 is 2.69 bits per heavy atom. The molecule has 1 aliphatic heterocycles. The highest BCUT2D eigenvalue weighted by atomic mass is 16.5. The highest BCUT2D eigenvalue weighted by Gasteiger charge is 2.32. The quantitative estimate of drug-likeness (QED) is 0.848. The van der Waals surface area contributed by atoms with Gasteiger partial charge in [0.2, 0.25) is 0 Å². The molecule has 1 aromatic rings. The molecule has 2 rings (SSSR count). The summed E-state index contributed by atoms with van der Waals surface area (Å²) in [6, 6.07) is 8.67. The lowest BCUT2D eigenvalue weighted by atomic mass is 9.87. The molecule has 2 nitrogen and oxygen atoms in total. The molecule has 0 saturated carbocycles. The van der Waals surface area contributed by atoms with Gasteiger partial charge in [0, 0.05) is 18.6 Å². The van der Waals surface area contributed by atoms with Gasteiger partial charge in [0.15, 0.2) is 0 Å². The molecule has 1 heterocycles. The van der Waals surface area contributed by atoms with Crippen LogP contribution in [0.15, 0.2) is 24.3 Å². The second kappa shape index (κ2) is 4.98. The number of rotatable bonds is 3. The van der Waals surface area contributed by atoms with E-state index in [1.165, 1.54) is 11.1 Å². The minimum absolute atomic E-state index is 0.119. The maximum Gasteiger partial charge on any atom is 0.0619 e. The number of ether oxygens (including phenoxy) is 1. The molecular formula is C14H21NO. The van der Waals surface area contributed by atoms with Crippen molar-refractivity contribution in [1.29, 1.82) is 0 Å². The minimum atomic E-state index is 0.119. The Kier molecular flexibility index (Phi) is 3.62. The Labute approximate surface area is 97.8 Å². The van der Waals surface area contributed by atoms with Gasteiger partial charge in [-0.1, -0.05) is 36.8 Å². The van der Waals surface area contributed by atoms with Crippen LogP contribution in [0.3, 0.4) is 0 Å². The third-order valence-electron chi connectivity index (χ3n) is 3.59. The van der Waals surface area contributed by atoms with Crippen LogP contribution < -0.4 is 5.73 Å². The molecule has 0 amide bonds. The summed E-state index contributed by atoms with van der Waals surface area (Å²) >= 11 is 0. The van der Waals surface area contributed by atoms with Crippen LogP contribution >= 0.6 is 0 Å². The standard InChI is InChI=1S/C14H21NO/c1-3-13-12(8-9-16-13)14(15)11-6-4-10(2)5-7-11/h4-7,12-14H,3,8-9,15H2,1-2H3. The van der Waals surface area contributed by atoms with Gasteiger partial charge in [0.05, 0.1) is 6.10 Å². The zero-order chi connectivity index (χ0) is 11.5. The third kappa shape index (κ3) is 2.28. The topological polar surface area (TPSA) is 35.2 Å². The Morgan fingerprint density at radius 1 is 1.38 bits per heavy atom. The maximum atomic E-state index is 6.34. The van der Waals surface area contributed by atoms with E-state index in [0.717, 1.165) is 19.4 Å². The molecule has 1 aliphatic rings. The van der Waals surface area contributed by atoms with Gasteiger partial charge in [-0.25, -0.2) is 0 Å². The summed E-state index contributed by atoms with van der Waals surface area (Å²) in [4.78, 5) is 0. The highest BCUT2D eigenvalue weighted by molar-refractivity contribution is 5.24. The van der Waals surface area contributed by atoms with Gasteiger partial charge in [0.25, 0.3) is 0 Å². The van der Waals surface area contributed by atoms with Crippen LogP contribution in [0, 0.1) is 12.8 Å². The van der Waals surface area contributed by atoms with Gasteiger partial charge in [-0.2, -0.15) is 0 Å². The smallest absolute Gasteiger partial charge is 0.0619 e. The third-order valence-corrected chi connectivity index (χ3v) is 3.59. The Morgan fingerprint density at radius 2 is 2.06 bits per heavy atom. The van der Waals surface area contributed by atoms with Crippen molar-refractivity contribution in [3.8, 4) is 0 Å². The van der Waals surface area contributed by atoms with Crippen molar-refractivity contribution >= 4 is 0 Å². The molecule has 1 aromatic carbocycles. The number of benzene rings is 1. The summed E-state index contributed by atoms with van der Waals surface area (Å²) in [7, 11) is 0. The fourth-order valence-electron chi connectivity index (χ4n) is 2.53. The van der Waals surface area contributed by atoms with Crippen molar-refractivity contribution < 1.29 is 4.74 Å². The van der Waals surface area contributed by atoms with Gasteiger partial charge in [-0.15, -0.1) is 0 Å². The molecule has 0 radical (unpaired) electrons. The fraction of sp³-hybridized carbons (Fsp3) is 0.571. The van der Waals surface area contributed by atoms with Gasteiger partial charge in [-0.3, -0.25) is 0 Å². The Hall–Kier alpha value is -0.860. The fourth-order valence-corrected chi connectivity index (χ4v) is 2.53. The van der Waals surface area contributed by atoms with E-state index in [0.29, 0.717) is 12.0 Å². The zero-order valence-corrected chi connectivity index (χ0v) is 10.1. The first kappa shape index (κ1) is 11.6. The SMILES string of the molecule is CCC1OCCC1C(N)c1ccc(C)cc1. The molecule has 0 aromatic heterocycles. The van der Waals surface area contributed by atoms with Crippen molar-refractivity contribution in [3.05, 3.63) is 35.4 Å². The molecule has 0 spiro atoms. The van der Waals surface area contributed by atoms with Crippen LogP contribution in [0.2, 0.25) is 0 Å². The average molecular weight is 219 g/mol. The summed E-state index contributed by atoms with van der Waals surface area (Å²) in [5.41, 5.74) is 8.86. The van der Waals surface area contributed by atoms with E-state index in [-0.39, 0.29) is 6.04 Å². The molecule has 88 valence electrons. The molecule has 16 heavy (non-hydrogen) atoms. The molecule has 1 saturated heterocycles. The van der Waals surface area contributed by atoms with Gasteiger partial charge < -0.3 is 10.5 Å². The van der Waals surface area contributed by atoms with Crippen molar-refractivity contribution in [2.75, 3.05) is 6.61 Å². The van der Waals surface area contributed by atoms with Crippen molar-refractivity contribution in [2.45, 2.75) is 38.8 Å². The lowest BCUT2D eigenvalue weighted by Crippen LogP contribution is -2.27. The lowest BCUT2D eigenvalue weighted by Gasteiger charge is -2.24. The normalized spacial score (nSPS) is 26.9. The van der Waals surface area contributed by atoms with Crippen molar-refractivity contribution in [1.82, 2.24) is 0 Å². The van der Waals surface area contributed by atoms with Crippen molar-refractivity contribution in [2.24, 2.45) is 11.7 Å². The first-order valence-corrected chi connectivity index (χ1v) is 6.16. The lowest BCUT2D eigenvalue weighted by molar-refractivity contribution is 0.0813. The van der Waals surface area contributed by atoms with Crippen LogP contribution in [0.5, 0.6) is 0 Å². The molecule has 1 fully saturated rings. The average Bonchev–Trinajstić information content (AvgIpc) is 2.77. The number of aryl methyl sites for hydroxylation is 1. The summed E-state index contributed by atoms with van der Waals surface area (Å²) in [6.07, 6.45) is 2.49. The second-order valence-electron chi connectivity index (χ2n) is 4.71. The van der Waals surface area contributed by atoms with Crippen molar-refractivity contribution in [3.63, 3.8) is 0 Å². The van der Waals surface area contributed by atoms with Crippen LogP contribution in [-0.2, 0) is 4.74 Å². The molecule has 0 bridgehead atoms. The number of hydrogen-bond donors (Lipinski definition) is 1.